The molecule has 2 aromatic rings. The van der Waals surface area contributed by atoms with Gasteiger partial charge in [-0.2, -0.15) is 5.10 Å². The van der Waals surface area contributed by atoms with Gasteiger partial charge in [-0.15, -0.1) is 0 Å². The van der Waals surface area contributed by atoms with Gasteiger partial charge in [0, 0.05) is 18.2 Å². The van der Waals surface area contributed by atoms with Crippen molar-refractivity contribution in [2.75, 3.05) is 13.7 Å². The number of nitrogens with one attached hydrogen (secondary N) is 1. The summed E-state index contributed by atoms with van der Waals surface area (Å²) in [7, 11) is 1.59. The van der Waals surface area contributed by atoms with E-state index in [1.165, 1.54) is 0 Å². The summed E-state index contributed by atoms with van der Waals surface area (Å²) in [5, 5.41) is 16.3. The number of aromatic nitrogens is 2. The summed E-state index contributed by atoms with van der Waals surface area (Å²) in [5.41, 5.74) is 1.84. The summed E-state index contributed by atoms with van der Waals surface area (Å²) in [6, 6.07) is 8.76. The highest BCUT2D eigenvalue weighted by Gasteiger charge is 2.36. The van der Waals surface area contributed by atoms with E-state index in [2.05, 4.69) is 10.2 Å². The number of carbonyl (C=O) groups excluding carboxylic acids is 1. The second-order valence-electron chi connectivity index (χ2n) is 6.22. The Kier molecular flexibility index (Phi) is 4.74. The first-order valence-corrected chi connectivity index (χ1v) is 8.25. The van der Waals surface area contributed by atoms with Crippen LogP contribution in [0.25, 0.3) is 11.3 Å². The van der Waals surface area contributed by atoms with Gasteiger partial charge in [-0.1, -0.05) is 12.1 Å². The molecule has 1 aliphatic heterocycles. The Morgan fingerprint density at radius 1 is 1.36 bits per heavy atom. The molecule has 2 heterocycles. The third-order valence-electron chi connectivity index (χ3n) is 4.74. The van der Waals surface area contributed by atoms with Crippen LogP contribution < -0.4 is 4.74 Å². The highest BCUT2D eigenvalue weighted by Crippen LogP contribution is 2.27. The minimum absolute atomic E-state index is 0.222. The lowest BCUT2D eigenvalue weighted by molar-refractivity contribution is -0.144. The summed E-state index contributed by atoms with van der Waals surface area (Å²) >= 11 is 0. The standard InChI is InChI=1S/C18H21N3O4/c1-11-14(18(23)24)7-4-8-21(11)17(22)16-10-15(19-20-16)12-5-3-6-13(9-12)25-2/h3,5-6,9-11,14H,4,7-8H2,1-2H3,(H,19,20)(H,23,24)/t11-,14-/m0/s1. The number of hydrogen-bond acceptors (Lipinski definition) is 4. The number of hydrogen-bond donors (Lipinski definition) is 2. The maximum Gasteiger partial charge on any atom is 0.308 e. The van der Waals surface area contributed by atoms with Crippen LogP contribution in [0.1, 0.15) is 30.3 Å². The molecule has 0 aliphatic carbocycles. The predicted octanol–water partition coefficient (Wildman–Crippen LogP) is 2.41. The number of ether oxygens (including phenoxy) is 1. The van der Waals surface area contributed by atoms with Crippen molar-refractivity contribution in [1.29, 1.82) is 0 Å². The van der Waals surface area contributed by atoms with Gasteiger partial charge < -0.3 is 14.7 Å². The first kappa shape index (κ1) is 17.0. The number of piperidine rings is 1. The molecule has 1 aromatic carbocycles. The molecule has 0 radical (unpaired) electrons. The van der Waals surface area contributed by atoms with Crippen molar-refractivity contribution in [2.45, 2.75) is 25.8 Å². The Labute approximate surface area is 145 Å². The van der Waals surface area contributed by atoms with Crippen molar-refractivity contribution in [3.8, 4) is 17.0 Å². The lowest BCUT2D eigenvalue weighted by Crippen LogP contribution is -2.49. The normalized spacial score (nSPS) is 20.3. The van der Waals surface area contributed by atoms with Crippen LogP contribution in [0.5, 0.6) is 5.75 Å². The van der Waals surface area contributed by atoms with Crippen molar-refractivity contribution < 1.29 is 19.4 Å². The second-order valence-corrected chi connectivity index (χ2v) is 6.22. The third kappa shape index (κ3) is 3.35. The summed E-state index contributed by atoms with van der Waals surface area (Å²) in [6.07, 6.45) is 1.28. The summed E-state index contributed by atoms with van der Waals surface area (Å²) in [5.74, 6) is -0.896. The summed E-state index contributed by atoms with van der Waals surface area (Å²) in [4.78, 5) is 25.7. The first-order chi connectivity index (χ1) is 12.0. The molecule has 0 saturated carbocycles. The van der Waals surface area contributed by atoms with Gasteiger partial charge in [-0.25, -0.2) is 0 Å². The Bertz CT molecular complexity index is 786. The largest absolute Gasteiger partial charge is 0.497 e. The maximum atomic E-state index is 12.8. The smallest absolute Gasteiger partial charge is 0.308 e. The van der Waals surface area contributed by atoms with E-state index in [9.17, 15) is 14.7 Å². The number of aromatic amines is 1. The van der Waals surface area contributed by atoms with Gasteiger partial charge in [0.2, 0.25) is 0 Å². The molecule has 1 saturated heterocycles. The highest BCUT2D eigenvalue weighted by atomic mass is 16.5. The highest BCUT2D eigenvalue weighted by molar-refractivity contribution is 5.94. The molecule has 1 amide bonds. The second kappa shape index (κ2) is 6.96. The fourth-order valence-electron chi connectivity index (χ4n) is 3.28. The number of benzene rings is 1. The fourth-order valence-corrected chi connectivity index (χ4v) is 3.28. The van der Waals surface area contributed by atoms with Crippen LogP contribution in [0.4, 0.5) is 0 Å². The van der Waals surface area contributed by atoms with E-state index in [1.807, 2.05) is 24.3 Å². The molecule has 0 unspecified atom stereocenters. The molecule has 0 spiro atoms. The van der Waals surface area contributed by atoms with E-state index < -0.39 is 11.9 Å². The van der Waals surface area contributed by atoms with Crippen molar-refractivity contribution in [2.24, 2.45) is 5.92 Å². The SMILES string of the molecule is COc1cccc(-c2cc(C(=O)N3CCC[C@H](C(=O)O)[C@@H]3C)[nH]n2)c1. The molecule has 2 N–H and O–H groups in total. The minimum atomic E-state index is -0.855. The number of carboxylic acids is 1. The van der Waals surface area contributed by atoms with Crippen LogP contribution in [0.15, 0.2) is 30.3 Å². The van der Waals surface area contributed by atoms with E-state index in [1.54, 1.807) is 25.0 Å². The minimum Gasteiger partial charge on any atom is -0.497 e. The van der Waals surface area contributed by atoms with Crippen LogP contribution in [0.3, 0.4) is 0 Å². The number of amides is 1. The zero-order valence-corrected chi connectivity index (χ0v) is 14.2. The van der Waals surface area contributed by atoms with Crippen LogP contribution in [0, 0.1) is 5.92 Å². The van der Waals surface area contributed by atoms with E-state index in [0.717, 1.165) is 5.56 Å². The molecule has 7 nitrogen and oxygen atoms in total. The summed E-state index contributed by atoms with van der Waals surface area (Å²) < 4.78 is 5.21. The van der Waals surface area contributed by atoms with Gasteiger partial charge in [0.05, 0.1) is 18.7 Å². The fraction of sp³-hybridized carbons (Fsp3) is 0.389. The lowest BCUT2D eigenvalue weighted by atomic mass is 9.90. The Morgan fingerprint density at radius 3 is 2.88 bits per heavy atom. The molecule has 1 fully saturated rings. The van der Waals surface area contributed by atoms with Crippen LogP contribution >= 0.6 is 0 Å². The zero-order valence-electron chi connectivity index (χ0n) is 14.2. The van der Waals surface area contributed by atoms with Gasteiger partial charge in [0.25, 0.3) is 5.91 Å². The third-order valence-corrected chi connectivity index (χ3v) is 4.74. The van der Waals surface area contributed by atoms with Gasteiger partial charge in [-0.05, 0) is 38.0 Å². The molecular weight excluding hydrogens is 322 g/mol. The van der Waals surface area contributed by atoms with Crippen LogP contribution in [0.2, 0.25) is 0 Å². The molecule has 2 atom stereocenters. The van der Waals surface area contributed by atoms with E-state index in [-0.39, 0.29) is 11.9 Å². The Morgan fingerprint density at radius 2 is 2.16 bits per heavy atom. The number of aliphatic carboxylic acids is 1. The van der Waals surface area contributed by atoms with Crippen molar-refractivity contribution in [3.05, 3.63) is 36.0 Å². The predicted molar refractivity (Wildman–Crippen MR) is 91.4 cm³/mol. The van der Waals surface area contributed by atoms with Crippen LogP contribution in [-0.2, 0) is 4.79 Å². The van der Waals surface area contributed by atoms with Gasteiger partial charge >= 0.3 is 5.97 Å². The number of H-pyrrole nitrogens is 1. The molecule has 1 aromatic heterocycles. The number of carbonyl (C=O) groups is 2. The Hall–Kier alpha value is -2.83. The molecule has 3 rings (SSSR count). The maximum absolute atomic E-state index is 12.8. The van der Waals surface area contributed by atoms with Gasteiger partial charge in [0.15, 0.2) is 0 Å². The monoisotopic (exact) mass is 343 g/mol. The van der Waals surface area contributed by atoms with E-state index >= 15 is 0 Å². The molecule has 7 heteroatoms. The number of rotatable bonds is 4. The van der Waals surface area contributed by atoms with Crippen molar-refractivity contribution in [3.63, 3.8) is 0 Å². The zero-order chi connectivity index (χ0) is 18.0. The average Bonchev–Trinajstić information content (AvgIpc) is 3.11. The van der Waals surface area contributed by atoms with E-state index in [0.29, 0.717) is 36.5 Å². The molecule has 132 valence electrons. The van der Waals surface area contributed by atoms with Crippen LogP contribution in [-0.4, -0.2) is 51.8 Å². The number of likely N-dealkylation sites (tertiary alicyclic amines) is 1. The van der Waals surface area contributed by atoms with Gasteiger partial charge in [-0.3, -0.25) is 14.7 Å². The average molecular weight is 343 g/mol. The number of carboxylic acid groups (broad SMARTS) is 1. The quantitative estimate of drug-likeness (QED) is 0.889. The molecular formula is C18H21N3O4. The van der Waals surface area contributed by atoms with Crippen molar-refractivity contribution in [1.82, 2.24) is 15.1 Å². The van der Waals surface area contributed by atoms with Crippen molar-refractivity contribution >= 4 is 11.9 Å². The summed E-state index contributed by atoms with van der Waals surface area (Å²) in [6.45, 7) is 2.34. The van der Waals surface area contributed by atoms with E-state index in [4.69, 9.17) is 4.74 Å². The topological polar surface area (TPSA) is 95.5 Å². The van der Waals surface area contributed by atoms with Gasteiger partial charge in [0.1, 0.15) is 11.4 Å². The molecule has 1 aliphatic rings. The number of nitrogens with zero attached hydrogens (tertiary/aromatic N) is 2. The number of methoxy groups -OCH3 is 1. The first-order valence-electron chi connectivity index (χ1n) is 8.25. The molecule has 25 heavy (non-hydrogen) atoms. The Balaban J connectivity index is 1.81. The lowest BCUT2D eigenvalue weighted by Gasteiger charge is -2.37. The molecule has 0 bridgehead atoms.